The molecule has 0 aromatic heterocycles. The number of hydrogen-bond donors (Lipinski definition) is 1. The van der Waals surface area contributed by atoms with E-state index in [-0.39, 0.29) is 18.1 Å². The van der Waals surface area contributed by atoms with Gasteiger partial charge in [0.1, 0.15) is 5.75 Å². The summed E-state index contributed by atoms with van der Waals surface area (Å²) in [5, 5.41) is 10.5. The highest BCUT2D eigenvalue weighted by Crippen LogP contribution is 2.39. The van der Waals surface area contributed by atoms with Crippen LogP contribution < -0.4 is 4.74 Å². The van der Waals surface area contributed by atoms with E-state index in [2.05, 4.69) is 4.74 Å². The van der Waals surface area contributed by atoms with Crippen LogP contribution in [0.3, 0.4) is 0 Å². The van der Waals surface area contributed by atoms with Gasteiger partial charge < -0.3 is 9.84 Å². The fraction of sp³-hybridized carbons (Fsp3) is 0.316. The average molecular weight is 369 g/mol. The van der Waals surface area contributed by atoms with Gasteiger partial charge in [-0.05, 0) is 41.7 Å². The van der Waals surface area contributed by atoms with E-state index in [1.807, 2.05) is 0 Å². The summed E-state index contributed by atoms with van der Waals surface area (Å²) in [4.78, 5) is 12.3. The summed E-state index contributed by atoms with van der Waals surface area (Å²) in [6, 6.07) is 12.8. The molecule has 1 N–H and O–H groups in total. The van der Waals surface area contributed by atoms with Crippen LogP contribution in [-0.4, -0.2) is 17.7 Å². The third-order valence-electron chi connectivity index (χ3n) is 4.38. The Morgan fingerprint density at radius 1 is 1.16 bits per heavy atom. The summed E-state index contributed by atoms with van der Waals surface area (Å²) in [5.74, 6) is -1.35. The van der Waals surface area contributed by atoms with Crippen LogP contribution in [0.1, 0.15) is 25.0 Å². The van der Waals surface area contributed by atoms with Gasteiger partial charge in [0.15, 0.2) is 0 Å². The molecule has 0 fully saturated rings. The first-order valence-corrected chi connectivity index (χ1v) is 8.17. The Bertz CT molecular complexity index is 732. The summed E-state index contributed by atoms with van der Waals surface area (Å²) in [5.41, 5.74) is -0.327. The minimum absolute atomic E-state index is 0.0160. The van der Waals surface area contributed by atoms with Crippen LogP contribution >= 0.6 is 11.6 Å². The van der Waals surface area contributed by atoms with Crippen molar-refractivity contribution in [3.63, 3.8) is 0 Å². The van der Waals surface area contributed by atoms with E-state index >= 15 is 0 Å². The molecule has 3 nitrogen and oxygen atoms in total. The Labute approximate surface area is 150 Å². The highest BCUT2D eigenvalue weighted by Gasteiger charge is 2.44. The van der Waals surface area contributed by atoms with E-state index in [0.29, 0.717) is 16.1 Å². The van der Waals surface area contributed by atoms with Gasteiger partial charge in [-0.1, -0.05) is 55.8 Å². The van der Waals surface area contributed by atoms with Crippen molar-refractivity contribution in [3.05, 3.63) is 64.7 Å². The number of ether oxygens (including phenoxy) is 1. The molecule has 0 saturated carbocycles. The molecule has 0 radical (unpaired) electrons. The Balaban J connectivity index is 2.55. The summed E-state index contributed by atoms with van der Waals surface area (Å²) in [6.07, 6.45) is 0.0184. The van der Waals surface area contributed by atoms with Crippen LogP contribution in [0.4, 0.5) is 8.78 Å². The Morgan fingerprint density at radius 2 is 1.76 bits per heavy atom. The summed E-state index contributed by atoms with van der Waals surface area (Å²) in [6.45, 7) is 0.605. The number of rotatable bonds is 7. The van der Waals surface area contributed by atoms with E-state index in [0.717, 1.165) is 0 Å². The Hall–Kier alpha value is -2.14. The third-order valence-corrected chi connectivity index (χ3v) is 4.64. The van der Waals surface area contributed by atoms with Crippen molar-refractivity contribution >= 4 is 17.6 Å². The molecule has 2 aromatic rings. The fourth-order valence-corrected chi connectivity index (χ4v) is 3.12. The quantitative estimate of drug-likeness (QED) is 0.734. The molecule has 0 heterocycles. The van der Waals surface area contributed by atoms with Crippen molar-refractivity contribution in [1.29, 1.82) is 0 Å². The lowest BCUT2D eigenvalue weighted by Gasteiger charge is -2.34. The number of aliphatic carboxylic acids is 1. The van der Waals surface area contributed by atoms with Crippen molar-refractivity contribution in [3.8, 4) is 5.75 Å². The molecule has 1 atom stereocenters. The number of carboxylic acids is 1. The molecule has 2 rings (SSSR count). The van der Waals surface area contributed by atoms with E-state index in [1.165, 1.54) is 6.07 Å². The van der Waals surface area contributed by atoms with Gasteiger partial charge in [0.2, 0.25) is 0 Å². The third kappa shape index (κ3) is 4.10. The zero-order chi connectivity index (χ0) is 18.6. The van der Waals surface area contributed by atoms with Crippen molar-refractivity contribution in [2.24, 2.45) is 5.92 Å². The minimum Gasteiger partial charge on any atom is -0.481 e. The van der Waals surface area contributed by atoms with Crippen molar-refractivity contribution < 1.29 is 23.4 Å². The maximum atomic E-state index is 12.7. The normalized spacial score (nSPS) is 13.7. The van der Waals surface area contributed by atoms with Gasteiger partial charge in [0.25, 0.3) is 0 Å². The van der Waals surface area contributed by atoms with E-state index < -0.39 is 18.0 Å². The van der Waals surface area contributed by atoms with E-state index in [9.17, 15) is 18.7 Å². The number of benzene rings is 2. The van der Waals surface area contributed by atoms with Gasteiger partial charge in [-0.3, -0.25) is 4.79 Å². The number of hydrogen-bond acceptors (Lipinski definition) is 2. The first-order chi connectivity index (χ1) is 11.8. The molecule has 0 aliphatic heterocycles. The zero-order valence-corrected chi connectivity index (χ0v) is 14.6. The maximum Gasteiger partial charge on any atom is 0.387 e. The molecule has 6 heteroatoms. The van der Waals surface area contributed by atoms with Gasteiger partial charge in [-0.25, -0.2) is 0 Å². The van der Waals surface area contributed by atoms with Crippen LogP contribution in [0.5, 0.6) is 5.75 Å². The maximum absolute atomic E-state index is 12.7. The number of carboxylic acid groups (broad SMARTS) is 1. The summed E-state index contributed by atoms with van der Waals surface area (Å²) in [7, 11) is 0. The zero-order valence-electron chi connectivity index (χ0n) is 13.9. The second-order valence-electron chi connectivity index (χ2n) is 6.10. The second kappa shape index (κ2) is 7.83. The van der Waals surface area contributed by atoms with Gasteiger partial charge >= 0.3 is 12.6 Å². The Morgan fingerprint density at radius 3 is 2.28 bits per heavy atom. The van der Waals surface area contributed by atoms with Gasteiger partial charge in [0, 0.05) is 5.02 Å². The molecule has 0 amide bonds. The van der Waals surface area contributed by atoms with Crippen LogP contribution in [0, 0.1) is 5.92 Å². The minimum atomic E-state index is -2.98. The Kier molecular flexibility index (Phi) is 6.01. The molecular formula is C19H19ClF2O3. The van der Waals surface area contributed by atoms with E-state index in [1.54, 1.807) is 56.3 Å². The first kappa shape index (κ1) is 19.2. The topological polar surface area (TPSA) is 46.5 Å². The smallest absolute Gasteiger partial charge is 0.387 e. The number of para-hydroxylation sites is 1. The molecule has 134 valence electrons. The van der Waals surface area contributed by atoms with Gasteiger partial charge in [-0.15, -0.1) is 0 Å². The molecule has 0 saturated heterocycles. The standard InChI is InChI=1S/C19H19ClF2O3/c1-12(2)19(17(23)24,14-7-9-15(20)10-8-14)11-13-5-3-4-6-16(13)25-18(21)22/h3-10,12,18H,11H2,1-2H3,(H,23,24). The predicted molar refractivity (Wildman–Crippen MR) is 92.4 cm³/mol. The van der Waals surface area contributed by atoms with Crippen molar-refractivity contribution in [2.75, 3.05) is 0 Å². The van der Waals surface area contributed by atoms with Crippen LogP contribution in [0.25, 0.3) is 0 Å². The van der Waals surface area contributed by atoms with Gasteiger partial charge in [-0.2, -0.15) is 8.78 Å². The lowest BCUT2D eigenvalue weighted by molar-refractivity contribution is -0.145. The molecule has 25 heavy (non-hydrogen) atoms. The molecule has 0 aliphatic carbocycles. The molecule has 0 bridgehead atoms. The highest BCUT2D eigenvalue weighted by atomic mass is 35.5. The summed E-state index contributed by atoms with van der Waals surface area (Å²) >= 11 is 5.91. The predicted octanol–water partition coefficient (Wildman–Crippen LogP) is 5.16. The fourth-order valence-electron chi connectivity index (χ4n) is 2.99. The SMILES string of the molecule is CC(C)C(Cc1ccccc1OC(F)F)(C(=O)O)c1ccc(Cl)cc1. The molecule has 1 unspecified atom stereocenters. The number of alkyl halides is 2. The first-order valence-electron chi connectivity index (χ1n) is 7.79. The van der Waals surface area contributed by atoms with Crippen molar-refractivity contribution in [2.45, 2.75) is 32.3 Å². The lowest BCUT2D eigenvalue weighted by atomic mass is 9.68. The largest absolute Gasteiger partial charge is 0.481 e. The van der Waals surface area contributed by atoms with Crippen LogP contribution in [0.15, 0.2) is 48.5 Å². The second-order valence-corrected chi connectivity index (χ2v) is 6.54. The van der Waals surface area contributed by atoms with Crippen LogP contribution in [0.2, 0.25) is 5.02 Å². The highest BCUT2D eigenvalue weighted by molar-refractivity contribution is 6.30. The molecular weight excluding hydrogens is 350 g/mol. The molecule has 2 aromatic carbocycles. The average Bonchev–Trinajstić information content (AvgIpc) is 2.54. The lowest BCUT2D eigenvalue weighted by Crippen LogP contribution is -2.43. The van der Waals surface area contributed by atoms with Crippen molar-refractivity contribution in [1.82, 2.24) is 0 Å². The monoisotopic (exact) mass is 368 g/mol. The number of halogens is 3. The number of carbonyl (C=O) groups is 1. The van der Waals surface area contributed by atoms with E-state index in [4.69, 9.17) is 11.6 Å². The summed E-state index contributed by atoms with van der Waals surface area (Å²) < 4.78 is 29.9. The van der Waals surface area contributed by atoms with Crippen LogP contribution in [-0.2, 0) is 16.6 Å². The molecule has 0 spiro atoms. The van der Waals surface area contributed by atoms with Gasteiger partial charge in [0.05, 0.1) is 5.41 Å². The molecule has 0 aliphatic rings.